The molecule has 144 valence electrons. The summed E-state index contributed by atoms with van der Waals surface area (Å²) in [7, 11) is 2.21. The van der Waals surface area contributed by atoms with Crippen LogP contribution in [0.15, 0.2) is 4.99 Å². The molecule has 1 aliphatic rings. The molecule has 0 aromatic heterocycles. The second kappa shape index (κ2) is 16.4. The van der Waals surface area contributed by atoms with Crippen molar-refractivity contribution < 1.29 is 0 Å². The average Bonchev–Trinajstić information content (AvgIpc) is 2.75. The number of nitrogens with one attached hydrogen (secondary N) is 1. The zero-order valence-electron chi connectivity index (χ0n) is 15.9. The van der Waals surface area contributed by atoms with Crippen LogP contribution in [0.2, 0.25) is 0 Å². The highest BCUT2D eigenvalue weighted by Gasteiger charge is 2.10. The van der Waals surface area contributed by atoms with Crippen LogP contribution in [0.3, 0.4) is 0 Å². The molecule has 3 N–H and O–H groups in total. The fraction of sp³-hybridized carbons (Fsp3) is 0.944. The molecule has 0 spiro atoms. The largest absolute Gasteiger partial charge is 0.370 e. The van der Waals surface area contributed by atoms with E-state index in [2.05, 4.69) is 34.1 Å². The number of hydrogen-bond donors (Lipinski definition) is 2. The van der Waals surface area contributed by atoms with Gasteiger partial charge in [-0.1, -0.05) is 39.0 Å². The highest BCUT2D eigenvalue weighted by Crippen LogP contribution is 2.04. The summed E-state index contributed by atoms with van der Waals surface area (Å²) >= 11 is 0. The van der Waals surface area contributed by atoms with Crippen LogP contribution in [0, 0.1) is 0 Å². The molecule has 0 saturated carbocycles. The topological polar surface area (TPSA) is 56.9 Å². The predicted molar refractivity (Wildman–Crippen MR) is 116 cm³/mol. The molecule has 1 aliphatic heterocycles. The van der Waals surface area contributed by atoms with E-state index in [0.717, 1.165) is 26.1 Å². The van der Waals surface area contributed by atoms with Gasteiger partial charge >= 0.3 is 0 Å². The number of aliphatic imine (C=N–C) groups is 1. The van der Waals surface area contributed by atoms with Gasteiger partial charge in [-0.2, -0.15) is 0 Å². The molecule has 0 aromatic carbocycles. The van der Waals surface area contributed by atoms with Crippen molar-refractivity contribution in [1.82, 2.24) is 15.1 Å². The third-order valence-corrected chi connectivity index (χ3v) is 4.56. The maximum absolute atomic E-state index is 5.92. The number of halogens is 1. The van der Waals surface area contributed by atoms with Crippen molar-refractivity contribution in [3.8, 4) is 0 Å². The van der Waals surface area contributed by atoms with Gasteiger partial charge in [0.25, 0.3) is 0 Å². The zero-order valence-corrected chi connectivity index (χ0v) is 18.3. The summed E-state index contributed by atoms with van der Waals surface area (Å²) in [6.45, 7) is 10.0. The molecule has 1 heterocycles. The van der Waals surface area contributed by atoms with E-state index in [0.29, 0.717) is 5.96 Å². The first-order valence-electron chi connectivity index (χ1n) is 9.67. The Hall–Kier alpha value is -0.0800. The van der Waals surface area contributed by atoms with E-state index in [4.69, 9.17) is 5.73 Å². The summed E-state index contributed by atoms with van der Waals surface area (Å²) in [6, 6.07) is 0. The zero-order chi connectivity index (χ0) is 16.8. The Morgan fingerprint density at radius 3 is 2.54 bits per heavy atom. The highest BCUT2D eigenvalue weighted by atomic mass is 127. The molecule has 6 heteroatoms. The molecule has 0 amide bonds. The van der Waals surface area contributed by atoms with Gasteiger partial charge in [0.1, 0.15) is 0 Å². The Morgan fingerprint density at radius 2 is 1.75 bits per heavy atom. The molecule has 0 radical (unpaired) electrons. The van der Waals surface area contributed by atoms with E-state index in [-0.39, 0.29) is 24.0 Å². The Bertz CT molecular complexity index is 312. The minimum atomic E-state index is 0. The second-order valence-electron chi connectivity index (χ2n) is 6.81. The molecule has 0 atom stereocenters. The SMILES string of the molecule is CCCCCCCCNC(N)=NCCCN1CCCN(C)CC1.I. The predicted octanol–water partition coefficient (Wildman–Crippen LogP) is 2.90. The van der Waals surface area contributed by atoms with Crippen molar-refractivity contribution in [3.63, 3.8) is 0 Å². The lowest BCUT2D eigenvalue weighted by Gasteiger charge is -2.19. The monoisotopic (exact) mass is 453 g/mol. The Morgan fingerprint density at radius 1 is 1.00 bits per heavy atom. The number of hydrogen-bond acceptors (Lipinski definition) is 3. The normalized spacial score (nSPS) is 17.3. The van der Waals surface area contributed by atoms with Crippen molar-refractivity contribution in [3.05, 3.63) is 0 Å². The number of unbranched alkanes of at least 4 members (excludes halogenated alkanes) is 5. The van der Waals surface area contributed by atoms with Crippen LogP contribution < -0.4 is 11.1 Å². The van der Waals surface area contributed by atoms with E-state index in [1.807, 2.05) is 0 Å². The lowest BCUT2D eigenvalue weighted by Crippen LogP contribution is -2.33. The molecule has 1 saturated heterocycles. The molecule has 5 nitrogen and oxygen atoms in total. The Kier molecular flexibility index (Phi) is 16.3. The van der Waals surface area contributed by atoms with Crippen LogP contribution in [0.5, 0.6) is 0 Å². The maximum Gasteiger partial charge on any atom is 0.188 e. The van der Waals surface area contributed by atoms with Gasteiger partial charge in [0, 0.05) is 26.2 Å². The molecule has 24 heavy (non-hydrogen) atoms. The molecule has 1 fully saturated rings. The number of nitrogens with zero attached hydrogens (tertiary/aromatic N) is 3. The van der Waals surface area contributed by atoms with E-state index >= 15 is 0 Å². The van der Waals surface area contributed by atoms with Crippen molar-refractivity contribution in [2.45, 2.75) is 58.3 Å². The first-order chi connectivity index (χ1) is 11.2. The minimum absolute atomic E-state index is 0. The number of nitrogens with two attached hydrogens (primary N) is 1. The van der Waals surface area contributed by atoms with E-state index in [1.54, 1.807) is 0 Å². The molecule has 0 aliphatic carbocycles. The van der Waals surface area contributed by atoms with E-state index < -0.39 is 0 Å². The standard InChI is InChI=1S/C18H39N5.HI/c1-3-4-5-6-7-8-11-20-18(19)21-12-9-14-23-15-10-13-22(2)16-17-23;/h3-17H2,1-2H3,(H3,19,20,21);1H. The van der Waals surface area contributed by atoms with Crippen molar-refractivity contribution in [2.24, 2.45) is 10.7 Å². The maximum atomic E-state index is 5.92. The fourth-order valence-corrected chi connectivity index (χ4v) is 3.00. The smallest absolute Gasteiger partial charge is 0.188 e. The highest BCUT2D eigenvalue weighted by molar-refractivity contribution is 14.0. The van der Waals surface area contributed by atoms with Gasteiger partial charge in [0.15, 0.2) is 5.96 Å². The number of likely N-dealkylation sites (N-methyl/N-ethyl adjacent to an activating group) is 1. The molecule has 0 bridgehead atoms. The lowest BCUT2D eigenvalue weighted by atomic mass is 10.1. The Balaban J connectivity index is 0.00000529. The Labute approximate surface area is 166 Å². The van der Waals surface area contributed by atoms with Gasteiger partial charge in [0.05, 0.1) is 0 Å². The van der Waals surface area contributed by atoms with Crippen LogP contribution in [-0.4, -0.2) is 68.6 Å². The lowest BCUT2D eigenvalue weighted by molar-refractivity contribution is 0.275. The van der Waals surface area contributed by atoms with Crippen molar-refractivity contribution in [2.75, 3.05) is 52.9 Å². The van der Waals surface area contributed by atoms with Gasteiger partial charge in [-0.3, -0.25) is 4.99 Å². The first-order valence-corrected chi connectivity index (χ1v) is 9.67. The summed E-state index contributed by atoms with van der Waals surface area (Å²) in [4.78, 5) is 9.41. The van der Waals surface area contributed by atoms with Crippen LogP contribution in [0.1, 0.15) is 58.3 Å². The third kappa shape index (κ3) is 13.2. The molecule has 1 rings (SSSR count). The van der Waals surface area contributed by atoms with Gasteiger partial charge < -0.3 is 20.9 Å². The van der Waals surface area contributed by atoms with Gasteiger partial charge in [-0.05, 0) is 45.9 Å². The first kappa shape index (κ1) is 23.9. The van der Waals surface area contributed by atoms with Crippen molar-refractivity contribution in [1.29, 1.82) is 0 Å². The van der Waals surface area contributed by atoms with Crippen LogP contribution in [0.4, 0.5) is 0 Å². The number of guanidine groups is 1. The van der Waals surface area contributed by atoms with Gasteiger partial charge in [-0.25, -0.2) is 0 Å². The van der Waals surface area contributed by atoms with Crippen LogP contribution in [-0.2, 0) is 0 Å². The second-order valence-corrected chi connectivity index (χ2v) is 6.81. The molecule has 0 unspecified atom stereocenters. The van der Waals surface area contributed by atoms with E-state index in [1.165, 1.54) is 71.1 Å². The number of rotatable bonds is 11. The van der Waals surface area contributed by atoms with Crippen LogP contribution >= 0.6 is 24.0 Å². The van der Waals surface area contributed by atoms with E-state index in [9.17, 15) is 0 Å². The quantitative estimate of drug-likeness (QED) is 0.219. The minimum Gasteiger partial charge on any atom is -0.370 e. The summed E-state index contributed by atoms with van der Waals surface area (Å²) in [5, 5.41) is 3.24. The summed E-state index contributed by atoms with van der Waals surface area (Å²) in [6.07, 6.45) is 10.3. The van der Waals surface area contributed by atoms with Crippen molar-refractivity contribution >= 4 is 29.9 Å². The fourth-order valence-electron chi connectivity index (χ4n) is 3.00. The molecule has 0 aromatic rings. The summed E-state index contributed by atoms with van der Waals surface area (Å²) < 4.78 is 0. The molecular formula is C18H40IN5. The summed E-state index contributed by atoms with van der Waals surface area (Å²) in [5.74, 6) is 0.620. The molecular weight excluding hydrogens is 413 g/mol. The summed E-state index contributed by atoms with van der Waals surface area (Å²) in [5.41, 5.74) is 5.92. The van der Waals surface area contributed by atoms with Crippen LogP contribution in [0.25, 0.3) is 0 Å². The average molecular weight is 453 g/mol. The van der Waals surface area contributed by atoms with Gasteiger partial charge in [-0.15, -0.1) is 24.0 Å². The third-order valence-electron chi connectivity index (χ3n) is 4.56. The van der Waals surface area contributed by atoms with Gasteiger partial charge in [0.2, 0.25) is 0 Å².